The van der Waals surface area contributed by atoms with Crippen LogP contribution in [-0.4, -0.2) is 29.0 Å². The molecule has 0 saturated heterocycles. The Bertz CT molecular complexity index is 109. The summed E-state index contributed by atoms with van der Waals surface area (Å²) in [6.45, 7) is 6.39. The molecule has 0 aromatic heterocycles. The van der Waals surface area contributed by atoms with Crippen molar-refractivity contribution < 1.29 is 8.85 Å². The summed E-state index contributed by atoms with van der Waals surface area (Å²) >= 11 is 0. The second kappa shape index (κ2) is 5.69. The molecule has 0 aliphatic heterocycles. The molecule has 0 rings (SSSR count). The van der Waals surface area contributed by atoms with Gasteiger partial charge in [-0.1, -0.05) is 20.8 Å². The minimum absolute atomic E-state index is 0.469. The van der Waals surface area contributed by atoms with Crippen LogP contribution in [0.25, 0.3) is 0 Å². The lowest BCUT2D eigenvalue weighted by Crippen LogP contribution is -2.57. The highest BCUT2D eigenvalue weighted by molar-refractivity contribution is 6.64. The summed E-state index contributed by atoms with van der Waals surface area (Å²) in [5.74, 6) is 0. The molecular weight excluding hydrogens is 170 g/mol. The van der Waals surface area contributed by atoms with E-state index in [-0.39, 0.29) is 0 Å². The van der Waals surface area contributed by atoms with Gasteiger partial charge in [0.2, 0.25) is 0 Å². The normalized spacial score (nSPS) is 14.8. The average Bonchev–Trinajstić information content (AvgIpc) is 2.14. The minimum Gasteiger partial charge on any atom is -0.386 e. The molecule has 12 heavy (non-hydrogen) atoms. The molecule has 4 heteroatoms. The molecule has 0 fully saturated rings. The zero-order valence-corrected chi connectivity index (χ0v) is 9.81. The van der Waals surface area contributed by atoms with E-state index in [2.05, 4.69) is 25.8 Å². The summed E-state index contributed by atoms with van der Waals surface area (Å²) in [7, 11) is 1.38. The summed E-state index contributed by atoms with van der Waals surface area (Å²) in [4.78, 5) is 3.42. The van der Waals surface area contributed by atoms with Gasteiger partial charge >= 0.3 is 8.72 Å². The summed E-state index contributed by atoms with van der Waals surface area (Å²) in [5, 5.41) is 0. The van der Waals surface area contributed by atoms with Crippen molar-refractivity contribution in [2.24, 2.45) is 0 Å². The smallest absolute Gasteiger partial charge is 0.386 e. The monoisotopic (exact) mass is 191 g/mol. The first kappa shape index (κ1) is 12.1. The Morgan fingerprint density at radius 1 is 1.25 bits per heavy atom. The lowest BCUT2D eigenvalue weighted by atomic mass is 10.3. The molecule has 1 unspecified atom stereocenters. The molecule has 0 bridgehead atoms. The molecule has 0 radical (unpaired) electrons. The Kier molecular flexibility index (Phi) is 5.74. The van der Waals surface area contributed by atoms with Crippen LogP contribution in [0.1, 0.15) is 27.2 Å². The molecule has 3 nitrogen and oxygen atoms in total. The van der Waals surface area contributed by atoms with Gasteiger partial charge in [-0.3, -0.25) is 4.98 Å². The maximum absolute atomic E-state index is 5.41. The SMILES string of the molecule is CCC(C)N[Si](CC)(OC)OC. The van der Waals surface area contributed by atoms with Crippen LogP contribution >= 0.6 is 0 Å². The molecular formula is C8H21NO2Si. The van der Waals surface area contributed by atoms with E-state index in [1.807, 2.05) is 0 Å². The van der Waals surface area contributed by atoms with E-state index in [0.29, 0.717) is 6.04 Å². The first-order chi connectivity index (χ1) is 5.64. The van der Waals surface area contributed by atoms with Gasteiger partial charge in [0.1, 0.15) is 0 Å². The highest BCUT2D eigenvalue weighted by atomic mass is 28.4. The second-order valence-corrected chi connectivity index (χ2v) is 6.29. The number of nitrogens with one attached hydrogen (secondary N) is 1. The third-order valence-electron chi connectivity index (χ3n) is 2.20. The van der Waals surface area contributed by atoms with Crippen molar-refractivity contribution in [1.82, 2.24) is 4.98 Å². The predicted octanol–water partition coefficient (Wildman–Crippen LogP) is 1.63. The third-order valence-corrected chi connectivity index (χ3v) is 5.39. The van der Waals surface area contributed by atoms with E-state index >= 15 is 0 Å². The van der Waals surface area contributed by atoms with Gasteiger partial charge in [0.25, 0.3) is 0 Å². The van der Waals surface area contributed by atoms with E-state index in [0.717, 1.165) is 12.5 Å². The first-order valence-electron chi connectivity index (χ1n) is 4.52. The van der Waals surface area contributed by atoms with Crippen LogP contribution < -0.4 is 4.98 Å². The number of hydrogen-bond acceptors (Lipinski definition) is 3. The Morgan fingerprint density at radius 3 is 2.00 bits per heavy atom. The molecule has 0 amide bonds. The van der Waals surface area contributed by atoms with E-state index < -0.39 is 8.72 Å². The standard InChI is InChI=1S/C8H21NO2Si/c1-6-8(3)9-12(7-2,10-4)11-5/h8-9H,6-7H2,1-5H3. The average molecular weight is 191 g/mol. The summed E-state index contributed by atoms with van der Waals surface area (Å²) in [6, 6.07) is 1.40. The van der Waals surface area contributed by atoms with Crippen LogP contribution in [0.5, 0.6) is 0 Å². The summed E-state index contributed by atoms with van der Waals surface area (Å²) in [5.41, 5.74) is 0. The van der Waals surface area contributed by atoms with Crippen LogP contribution in [0.15, 0.2) is 0 Å². The highest BCUT2D eigenvalue weighted by Gasteiger charge is 2.34. The molecule has 1 atom stereocenters. The van der Waals surface area contributed by atoms with Crippen molar-refractivity contribution in [3.8, 4) is 0 Å². The maximum atomic E-state index is 5.41. The molecule has 1 N–H and O–H groups in total. The lowest BCUT2D eigenvalue weighted by molar-refractivity contribution is 0.223. The fourth-order valence-electron chi connectivity index (χ4n) is 1.07. The van der Waals surface area contributed by atoms with E-state index in [4.69, 9.17) is 8.85 Å². The van der Waals surface area contributed by atoms with Gasteiger partial charge in [0.15, 0.2) is 0 Å². The summed E-state index contributed by atoms with van der Waals surface area (Å²) < 4.78 is 10.8. The van der Waals surface area contributed by atoms with Crippen molar-refractivity contribution in [2.75, 3.05) is 14.2 Å². The molecule has 74 valence electrons. The van der Waals surface area contributed by atoms with Gasteiger partial charge in [-0.05, 0) is 6.42 Å². The van der Waals surface area contributed by atoms with E-state index in [1.54, 1.807) is 14.2 Å². The third kappa shape index (κ3) is 3.22. The first-order valence-corrected chi connectivity index (χ1v) is 6.54. The molecule has 0 saturated carbocycles. The summed E-state index contributed by atoms with van der Waals surface area (Å²) in [6.07, 6.45) is 1.10. The Labute approximate surface area is 76.8 Å². The number of hydrogen-bond donors (Lipinski definition) is 1. The van der Waals surface area contributed by atoms with Gasteiger partial charge < -0.3 is 8.85 Å². The fourth-order valence-corrected chi connectivity index (χ4v) is 3.21. The van der Waals surface area contributed by atoms with Crippen LogP contribution in [0, 0.1) is 0 Å². The lowest BCUT2D eigenvalue weighted by Gasteiger charge is -2.29. The quantitative estimate of drug-likeness (QED) is 0.647. The van der Waals surface area contributed by atoms with Gasteiger partial charge in [0.05, 0.1) is 0 Å². The topological polar surface area (TPSA) is 30.5 Å². The zero-order chi connectivity index (χ0) is 9.61. The second-order valence-electron chi connectivity index (χ2n) is 2.97. The van der Waals surface area contributed by atoms with Crippen molar-refractivity contribution in [1.29, 1.82) is 0 Å². The van der Waals surface area contributed by atoms with Gasteiger partial charge in [-0.15, -0.1) is 0 Å². The van der Waals surface area contributed by atoms with Crippen LogP contribution in [0.3, 0.4) is 0 Å². The van der Waals surface area contributed by atoms with Crippen LogP contribution in [0.2, 0.25) is 6.04 Å². The fraction of sp³-hybridized carbons (Fsp3) is 1.00. The van der Waals surface area contributed by atoms with Crippen molar-refractivity contribution >= 4 is 8.72 Å². The molecule has 0 aliphatic rings. The van der Waals surface area contributed by atoms with Gasteiger partial charge in [-0.2, -0.15) is 0 Å². The molecule has 0 aromatic carbocycles. The molecule has 0 aromatic rings. The number of rotatable bonds is 6. The molecule has 0 heterocycles. The molecule has 0 spiro atoms. The van der Waals surface area contributed by atoms with Crippen molar-refractivity contribution in [3.05, 3.63) is 0 Å². The van der Waals surface area contributed by atoms with E-state index in [1.165, 1.54) is 0 Å². The van der Waals surface area contributed by atoms with Crippen molar-refractivity contribution in [3.63, 3.8) is 0 Å². The molecule has 0 aliphatic carbocycles. The largest absolute Gasteiger partial charge is 0.424 e. The highest BCUT2D eigenvalue weighted by Crippen LogP contribution is 2.08. The predicted molar refractivity (Wildman–Crippen MR) is 53.1 cm³/mol. The van der Waals surface area contributed by atoms with Gasteiger partial charge in [0, 0.05) is 26.3 Å². The van der Waals surface area contributed by atoms with Crippen LogP contribution in [-0.2, 0) is 8.85 Å². The zero-order valence-electron chi connectivity index (χ0n) is 8.81. The van der Waals surface area contributed by atoms with Crippen molar-refractivity contribution in [2.45, 2.75) is 39.3 Å². The van der Waals surface area contributed by atoms with Crippen LogP contribution in [0.4, 0.5) is 0 Å². The van der Waals surface area contributed by atoms with Gasteiger partial charge in [-0.25, -0.2) is 0 Å². The maximum Gasteiger partial charge on any atom is 0.424 e. The Morgan fingerprint density at radius 2 is 1.75 bits per heavy atom. The Hall–Kier alpha value is 0.0969. The minimum atomic E-state index is -2.05. The Balaban J connectivity index is 4.09. The van der Waals surface area contributed by atoms with E-state index in [9.17, 15) is 0 Å².